The lowest BCUT2D eigenvalue weighted by Crippen LogP contribution is -2.22. The predicted octanol–water partition coefficient (Wildman–Crippen LogP) is 2.96. The molecule has 2 unspecified atom stereocenters. The van der Waals surface area contributed by atoms with E-state index in [9.17, 15) is 5.11 Å². The summed E-state index contributed by atoms with van der Waals surface area (Å²) in [5, 5.41) is 9.64. The van der Waals surface area contributed by atoms with Gasteiger partial charge in [0.25, 0.3) is 0 Å². The van der Waals surface area contributed by atoms with Crippen LogP contribution >= 0.6 is 15.9 Å². The standard InChI is InChI=1S/C13H20BrNO/c1-3-10(7-11(16)8-15)12-5-4-6-13(14)9(12)2/h4-6,10-11,16H,3,7-8,15H2,1-2H3. The molecule has 0 saturated carbocycles. The Kier molecular flexibility index (Phi) is 5.46. The van der Waals surface area contributed by atoms with Crippen LogP contribution in [-0.4, -0.2) is 17.8 Å². The Labute approximate surface area is 106 Å². The molecule has 1 aromatic rings. The highest BCUT2D eigenvalue weighted by molar-refractivity contribution is 9.10. The number of hydrogen-bond acceptors (Lipinski definition) is 2. The Morgan fingerprint density at radius 3 is 2.69 bits per heavy atom. The molecule has 0 heterocycles. The average Bonchev–Trinajstić information content (AvgIpc) is 2.29. The molecule has 0 fully saturated rings. The Morgan fingerprint density at radius 1 is 1.44 bits per heavy atom. The normalized spacial score (nSPS) is 14.8. The summed E-state index contributed by atoms with van der Waals surface area (Å²) >= 11 is 3.54. The summed E-state index contributed by atoms with van der Waals surface area (Å²) in [5.41, 5.74) is 8.03. The first-order chi connectivity index (χ1) is 7.60. The van der Waals surface area contributed by atoms with Gasteiger partial charge in [-0.1, -0.05) is 35.0 Å². The van der Waals surface area contributed by atoms with Crippen LogP contribution in [0.2, 0.25) is 0 Å². The largest absolute Gasteiger partial charge is 0.392 e. The third-order valence-corrected chi connectivity index (χ3v) is 3.93. The molecule has 0 aliphatic heterocycles. The summed E-state index contributed by atoms with van der Waals surface area (Å²) in [7, 11) is 0. The lowest BCUT2D eigenvalue weighted by Gasteiger charge is -2.21. The number of benzene rings is 1. The van der Waals surface area contributed by atoms with E-state index in [1.54, 1.807) is 0 Å². The van der Waals surface area contributed by atoms with Crippen molar-refractivity contribution in [3.05, 3.63) is 33.8 Å². The van der Waals surface area contributed by atoms with Crippen molar-refractivity contribution >= 4 is 15.9 Å². The van der Waals surface area contributed by atoms with Crippen LogP contribution in [0.1, 0.15) is 36.8 Å². The molecule has 3 N–H and O–H groups in total. The van der Waals surface area contributed by atoms with Gasteiger partial charge >= 0.3 is 0 Å². The van der Waals surface area contributed by atoms with Crippen LogP contribution in [-0.2, 0) is 0 Å². The Hall–Kier alpha value is -0.380. The highest BCUT2D eigenvalue weighted by atomic mass is 79.9. The molecule has 3 heteroatoms. The first-order valence-electron chi connectivity index (χ1n) is 5.73. The molecule has 0 radical (unpaired) electrons. The minimum atomic E-state index is -0.400. The topological polar surface area (TPSA) is 46.2 Å². The third-order valence-electron chi connectivity index (χ3n) is 3.07. The fourth-order valence-electron chi connectivity index (χ4n) is 2.00. The molecule has 0 amide bonds. The monoisotopic (exact) mass is 285 g/mol. The molecule has 2 atom stereocenters. The second kappa shape index (κ2) is 6.38. The number of rotatable bonds is 5. The van der Waals surface area contributed by atoms with Crippen LogP contribution < -0.4 is 5.73 Å². The predicted molar refractivity (Wildman–Crippen MR) is 71.6 cm³/mol. The summed E-state index contributed by atoms with van der Waals surface area (Å²) in [4.78, 5) is 0. The van der Waals surface area contributed by atoms with E-state index in [0.717, 1.165) is 17.3 Å². The van der Waals surface area contributed by atoms with Gasteiger partial charge in [0.15, 0.2) is 0 Å². The van der Waals surface area contributed by atoms with Gasteiger partial charge in [0.1, 0.15) is 0 Å². The molecule has 0 aliphatic rings. The average molecular weight is 286 g/mol. The second-order valence-electron chi connectivity index (χ2n) is 4.18. The van der Waals surface area contributed by atoms with Gasteiger partial charge in [-0.15, -0.1) is 0 Å². The van der Waals surface area contributed by atoms with E-state index < -0.39 is 6.10 Å². The highest BCUT2D eigenvalue weighted by Crippen LogP contribution is 2.30. The van der Waals surface area contributed by atoms with E-state index in [4.69, 9.17) is 5.73 Å². The first-order valence-corrected chi connectivity index (χ1v) is 6.52. The quantitative estimate of drug-likeness (QED) is 0.874. The molecule has 90 valence electrons. The molecule has 1 aromatic carbocycles. The zero-order valence-corrected chi connectivity index (χ0v) is 11.5. The molecule has 0 saturated heterocycles. The first kappa shape index (κ1) is 13.7. The lowest BCUT2D eigenvalue weighted by atomic mass is 9.88. The SMILES string of the molecule is CCC(CC(O)CN)c1cccc(Br)c1C. The van der Waals surface area contributed by atoms with Crippen molar-refractivity contribution in [2.75, 3.05) is 6.54 Å². The van der Waals surface area contributed by atoms with Crippen molar-refractivity contribution in [1.82, 2.24) is 0 Å². The van der Waals surface area contributed by atoms with Gasteiger partial charge in [-0.3, -0.25) is 0 Å². The maximum atomic E-state index is 9.64. The van der Waals surface area contributed by atoms with Gasteiger partial charge in [-0.25, -0.2) is 0 Å². The minimum Gasteiger partial charge on any atom is -0.392 e. The van der Waals surface area contributed by atoms with E-state index in [-0.39, 0.29) is 0 Å². The molecule has 0 spiro atoms. The van der Waals surface area contributed by atoms with Gasteiger partial charge in [0.05, 0.1) is 6.10 Å². The van der Waals surface area contributed by atoms with Crippen LogP contribution in [0.15, 0.2) is 22.7 Å². The maximum Gasteiger partial charge on any atom is 0.0668 e. The third kappa shape index (κ3) is 3.30. The summed E-state index contributed by atoms with van der Waals surface area (Å²) in [5.74, 6) is 0.385. The summed E-state index contributed by atoms with van der Waals surface area (Å²) < 4.78 is 1.13. The fraction of sp³-hybridized carbons (Fsp3) is 0.538. The molecular weight excluding hydrogens is 266 g/mol. The van der Waals surface area contributed by atoms with Gasteiger partial charge < -0.3 is 10.8 Å². The maximum absolute atomic E-state index is 9.64. The molecular formula is C13H20BrNO. The van der Waals surface area contributed by atoms with E-state index >= 15 is 0 Å². The van der Waals surface area contributed by atoms with Gasteiger partial charge in [0, 0.05) is 11.0 Å². The molecule has 0 aliphatic carbocycles. The smallest absolute Gasteiger partial charge is 0.0668 e. The molecule has 0 bridgehead atoms. The summed E-state index contributed by atoms with van der Waals surface area (Å²) in [6.07, 6.45) is 1.36. The van der Waals surface area contributed by atoms with E-state index in [1.165, 1.54) is 11.1 Å². The van der Waals surface area contributed by atoms with Crippen LogP contribution in [0.5, 0.6) is 0 Å². The molecule has 2 nitrogen and oxygen atoms in total. The van der Waals surface area contributed by atoms with E-state index in [0.29, 0.717) is 12.5 Å². The van der Waals surface area contributed by atoms with Crippen molar-refractivity contribution in [1.29, 1.82) is 0 Å². The van der Waals surface area contributed by atoms with Crippen LogP contribution in [0.3, 0.4) is 0 Å². The molecule has 16 heavy (non-hydrogen) atoms. The summed E-state index contributed by atoms with van der Waals surface area (Å²) in [6, 6.07) is 6.23. The van der Waals surface area contributed by atoms with Crippen LogP contribution in [0.4, 0.5) is 0 Å². The van der Waals surface area contributed by atoms with Crippen molar-refractivity contribution < 1.29 is 5.11 Å². The Bertz CT molecular complexity index is 341. The van der Waals surface area contributed by atoms with Gasteiger partial charge in [-0.2, -0.15) is 0 Å². The van der Waals surface area contributed by atoms with Crippen LogP contribution in [0, 0.1) is 6.92 Å². The number of nitrogens with two attached hydrogens (primary N) is 1. The van der Waals surface area contributed by atoms with Crippen molar-refractivity contribution in [2.24, 2.45) is 5.73 Å². The van der Waals surface area contributed by atoms with Crippen molar-refractivity contribution in [3.8, 4) is 0 Å². The number of halogens is 1. The number of aliphatic hydroxyl groups excluding tert-OH is 1. The summed E-state index contributed by atoms with van der Waals surface area (Å²) in [6.45, 7) is 4.59. The number of hydrogen-bond donors (Lipinski definition) is 2. The fourth-order valence-corrected chi connectivity index (χ4v) is 2.39. The highest BCUT2D eigenvalue weighted by Gasteiger charge is 2.16. The van der Waals surface area contributed by atoms with E-state index in [2.05, 4.69) is 35.8 Å². The van der Waals surface area contributed by atoms with Gasteiger partial charge in [0.2, 0.25) is 0 Å². The van der Waals surface area contributed by atoms with E-state index in [1.807, 2.05) is 12.1 Å². The van der Waals surface area contributed by atoms with Crippen LogP contribution in [0.25, 0.3) is 0 Å². The number of aliphatic hydroxyl groups is 1. The van der Waals surface area contributed by atoms with Gasteiger partial charge in [-0.05, 0) is 42.9 Å². The molecule has 0 aromatic heterocycles. The molecule has 1 rings (SSSR count). The lowest BCUT2D eigenvalue weighted by molar-refractivity contribution is 0.162. The zero-order valence-electron chi connectivity index (χ0n) is 9.91. The van der Waals surface area contributed by atoms with Crippen molar-refractivity contribution in [3.63, 3.8) is 0 Å². The second-order valence-corrected chi connectivity index (χ2v) is 5.04. The Balaban J connectivity index is 2.90. The Morgan fingerprint density at radius 2 is 2.12 bits per heavy atom. The van der Waals surface area contributed by atoms with Crippen molar-refractivity contribution in [2.45, 2.75) is 38.7 Å². The minimum absolute atomic E-state index is 0.337. The zero-order chi connectivity index (χ0) is 12.1.